The highest BCUT2D eigenvalue weighted by molar-refractivity contribution is 6.25. The van der Waals surface area contributed by atoms with E-state index in [4.69, 9.17) is 0 Å². The Hall–Kier alpha value is -2.95. The predicted molar refractivity (Wildman–Crippen MR) is 99.6 cm³/mol. The van der Waals surface area contributed by atoms with E-state index in [0.717, 1.165) is 15.4 Å². The number of anilines is 1. The molecule has 2 aromatic rings. The lowest BCUT2D eigenvalue weighted by Gasteiger charge is -2.22. The first-order chi connectivity index (χ1) is 12.5. The molecule has 134 valence electrons. The summed E-state index contributed by atoms with van der Waals surface area (Å²) in [5.74, 6) is -0.811. The number of imide groups is 2. The van der Waals surface area contributed by atoms with Crippen molar-refractivity contribution in [2.45, 2.75) is 32.7 Å². The molecule has 0 N–H and O–H groups in total. The average Bonchev–Trinajstić information content (AvgIpc) is 2.92. The molecule has 2 aromatic carbocycles. The average molecular weight is 350 g/mol. The Morgan fingerprint density at radius 2 is 1.54 bits per heavy atom. The molecule has 0 aromatic heterocycles. The minimum absolute atomic E-state index is 0.152. The molecule has 0 bridgehead atoms. The van der Waals surface area contributed by atoms with Crippen LogP contribution in [0.25, 0.3) is 0 Å². The van der Waals surface area contributed by atoms with Gasteiger partial charge in [-0.15, -0.1) is 0 Å². The lowest BCUT2D eigenvalue weighted by molar-refractivity contribution is -0.134. The molecule has 0 radical (unpaired) electrons. The van der Waals surface area contributed by atoms with E-state index in [9.17, 15) is 14.4 Å². The van der Waals surface area contributed by atoms with Gasteiger partial charge < -0.3 is 0 Å². The summed E-state index contributed by atoms with van der Waals surface area (Å²) in [5.41, 5.74) is 1.52. The second kappa shape index (κ2) is 7.52. The molecule has 4 amide bonds. The molecule has 1 atom stereocenters. The van der Waals surface area contributed by atoms with Gasteiger partial charge in [-0.1, -0.05) is 62.4 Å². The number of para-hydroxylation sites is 1. The maximum Gasteiger partial charge on any atom is 0.338 e. The van der Waals surface area contributed by atoms with Gasteiger partial charge in [-0.2, -0.15) is 0 Å². The van der Waals surface area contributed by atoms with Crippen LogP contribution in [0.3, 0.4) is 0 Å². The van der Waals surface area contributed by atoms with Gasteiger partial charge in [0.15, 0.2) is 0 Å². The van der Waals surface area contributed by atoms with Gasteiger partial charge in [0.05, 0.1) is 5.69 Å². The van der Waals surface area contributed by atoms with E-state index in [1.807, 2.05) is 50.2 Å². The number of aryl methyl sites for hydroxylation is 1. The van der Waals surface area contributed by atoms with E-state index >= 15 is 0 Å². The van der Waals surface area contributed by atoms with Gasteiger partial charge in [0.25, 0.3) is 5.91 Å². The number of carbonyl (C=O) groups excluding carboxylic acids is 3. The van der Waals surface area contributed by atoms with Crippen molar-refractivity contribution in [2.75, 3.05) is 4.90 Å². The SMILES string of the molecule is CC(C)[C@H]1C(=O)N(c2ccccc2)C(=O)N1C(=O)CCc1ccccc1. The molecule has 0 aliphatic carbocycles. The van der Waals surface area contributed by atoms with Crippen molar-refractivity contribution in [1.29, 1.82) is 0 Å². The summed E-state index contributed by atoms with van der Waals surface area (Å²) in [7, 11) is 0. The van der Waals surface area contributed by atoms with Crippen molar-refractivity contribution < 1.29 is 14.4 Å². The van der Waals surface area contributed by atoms with Gasteiger partial charge in [0, 0.05) is 6.42 Å². The van der Waals surface area contributed by atoms with Crippen molar-refractivity contribution in [3.05, 3.63) is 66.2 Å². The molecule has 5 nitrogen and oxygen atoms in total. The number of amides is 4. The van der Waals surface area contributed by atoms with Crippen LogP contribution in [0.5, 0.6) is 0 Å². The summed E-state index contributed by atoms with van der Waals surface area (Å²) >= 11 is 0. The Morgan fingerprint density at radius 3 is 2.12 bits per heavy atom. The van der Waals surface area contributed by atoms with E-state index < -0.39 is 12.1 Å². The van der Waals surface area contributed by atoms with Crippen LogP contribution in [-0.2, 0) is 16.0 Å². The summed E-state index contributed by atoms with van der Waals surface area (Å²) in [5, 5.41) is 0. The van der Waals surface area contributed by atoms with Crippen LogP contribution >= 0.6 is 0 Å². The van der Waals surface area contributed by atoms with Gasteiger partial charge >= 0.3 is 6.03 Å². The fourth-order valence-corrected chi connectivity index (χ4v) is 3.24. The third kappa shape index (κ3) is 3.38. The largest absolute Gasteiger partial charge is 0.338 e. The molecule has 0 unspecified atom stereocenters. The second-order valence-electron chi connectivity index (χ2n) is 6.73. The van der Waals surface area contributed by atoms with E-state index in [0.29, 0.717) is 12.1 Å². The monoisotopic (exact) mass is 350 g/mol. The highest BCUT2D eigenvalue weighted by Gasteiger charge is 2.49. The molecule has 0 saturated carbocycles. The molecular weight excluding hydrogens is 328 g/mol. The van der Waals surface area contributed by atoms with Crippen molar-refractivity contribution in [2.24, 2.45) is 5.92 Å². The fraction of sp³-hybridized carbons (Fsp3) is 0.286. The number of nitrogens with zero attached hydrogens (tertiary/aromatic N) is 2. The van der Waals surface area contributed by atoms with E-state index in [1.54, 1.807) is 24.3 Å². The van der Waals surface area contributed by atoms with E-state index in [-0.39, 0.29) is 24.2 Å². The van der Waals surface area contributed by atoms with Crippen LogP contribution in [0.2, 0.25) is 0 Å². The van der Waals surface area contributed by atoms with Gasteiger partial charge in [-0.05, 0) is 30.0 Å². The summed E-state index contributed by atoms with van der Waals surface area (Å²) in [6.07, 6.45) is 0.725. The zero-order chi connectivity index (χ0) is 18.7. The number of rotatable bonds is 5. The van der Waals surface area contributed by atoms with Gasteiger partial charge in [-0.3, -0.25) is 14.5 Å². The first kappa shape index (κ1) is 17.9. The Morgan fingerprint density at radius 1 is 0.962 bits per heavy atom. The Labute approximate surface area is 153 Å². The predicted octanol–water partition coefficient (Wildman–Crippen LogP) is 3.64. The molecule has 1 saturated heterocycles. The Balaban J connectivity index is 1.83. The first-order valence-corrected chi connectivity index (χ1v) is 8.79. The van der Waals surface area contributed by atoms with Crippen LogP contribution in [-0.4, -0.2) is 28.8 Å². The molecule has 5 heteroatoms. The molecule has 1 heterocycles. The lowest BCUT2D eigenvalue weighted by Crippen LogP contribution is -2.43. The minimum Gasteiger partial charge on any atom is -0.274 e. The fourth-order valence-electron chi connectivity index (χ4n) is 3.24. The van der Waals surface area contributed by atoms with Gasteiger partial charge in [0.2, 0.25) is 5.91 Å². The first-order valence-electron chi connectivity index (χ1n) is 8.79. The van der Waals surface area contributed by atoms with Gasteiger partial charge in [-0.25, -0.2) is 9.69 Å². The third-order valence-corrected chi connectivity index (χ3v) is 4.53. The van der Waals surface area contributed by atoms with Gasteiger partial charge in [0.1, 0.15) is 6.04 Å². The molecule has 3 rings (SSSR count). The summed E-state index contributed by atoms with van der Waals surface area (Å²) in [6, 6.07) is 17.1. The summed E-state index contributed by atoms with van der Waals surface area (Å²) < 4.78 is 0. The topological polar surface area (TPSA) is 57.7 Å². The normalized spacial score (nSPS) is 17.3. The highest BCUT2D eigenvalue weighted by Crippen LogP contribution is 2.29. The van der Waals surface area contributed by atoms with E-state index in [2.05, 4.69) is 0 Å². The maximum absolute atomic E-state index is 12.9. The number of benzene rings is 2. The Kier molecular flexibility index (Phi) is 5.16. The lowest BCUT2D eigenvalue weighted by atomic mass is 10.0. The molecule has 0 spiro atoms. The zero-order valence-corrected chi connectivity index (χ0v) is 15.0. The van der Waals surface area contributed by atoms with Crippen LogP contribution in [0.15, 0.2) is 60.7 Å². The van der Waals surface area contributed by atoms with E-state index in [1.165, 1.54) is 0 Å². The number of carbonyl (C=O) groups is 3. The van der Waals surface area contributed by atoms with Crippen LogP contribution in [0.4, 0.5) is 10.5 Å². The molecule has 1 aliphatic rings. The highest BCUT2D eigenvalue weighted by atomic mass is 16.2. The molecule has 26 heavy (non-hydrogen) atoms. The maximum atomic E-state index is 12.9. The summed E-state index contributed by atoms with van der Waals surface area (Å²) in [6.45, 7) is 3.70. The minimum atomic E-state index is -0.758. The number of urea groups is 1. The van der Waals surface area contributed by atoms with Crippen molar-refractivity contribution in [1.82, 2.24) is 4.90 Å². The second-order valence-corrected chi connectivity index (χ2v) is 6.73. The Bertz CT molecular complexity index is 803. The molecular formula is C21H22N2O3. The quantitative estimate of drug-likeness (QED) is 0.774. The van der Waals surface area contributed by atoms with Crippen LogP contribution < -0.4 is 4.90 Å². The van der Waals surface area contributed by atoms with Crippen molar-refractivity contribution in [3.63, 3.8) is 0 Å². The number of hydrogen-bond acceptors (Lipinski definition) is 3. The molecule has 1 fully saturated rings. The summed E-state index contributed by atoms with van der Waals surface area (Å²) in [4.78, 5) is 40.8. The standard InChI is InChI=1S/C21H22N2O3/c1-15(2)19-20(25)22(17-11-7-4-8-12-17)21(26)23(19)18(24)14-13-16-9-5-3-6-10-16/h3-12,15,19H,13-14H2,1-2H3/t19-/m0/s1. The number of hydrogen-bond donors (Lipinski definition) is 0. The smallest absolute Gasteiger partial charge is 0.274 e. The molecule has 1 aliphatic heterocycles. The van der Waals surface area contributed by atoms with Crippen LogP contribution in [0, 0.1) is 5.92 Å². The van der Waals surface area contributed by atoms with Crippen molar-refractivity contribution in [3.8, 4) is 0 Å². The zero-order valence-electron chi connectivity index (χ0n) is 15.0. The van der Waals surface area contributed by atoms with Crippen LogP contribution in [0.1, 0.15) is 25.8 Å². The third-order valence-electron chi connectivity index (χ3n) is 4.53. The van der Waals surface area contributed by atoms with Crippen molar-refractivity contribution >= 4 is 23.5 Å².